The summed E-state index contributed by atoms with van der Waals surface area (Å²) in [6, 6.07) is 0.386. The summed E-state index contributed by atoms with van der Waals surface area (Å²) in [5, 5.41) is 5.87. The number of nitrogens with one attached hydrogen (secondary N) is 1. The standard InChI is InChI=1S/C16H19N3O6/c1-9(16(23)24-8-13(20)17-12-6-7-25-18-12)19-14(21)10-4-2-3-5-11(10)15(19)22/h6-7,9-11H,2-5,8H2,1H3,(H,17,18,20)/t9-,10?,11?/m0/s1. The highest BCUT2D eigenvalue weighted by Gasteiger charge is 2.51. The first kappa shape index (κ1) is 17.1. The van der Waals surface area contributed by atoms with Gasteiger partial charge in [-0.15, -0.1) is 0 Å². The molecule has 1 aromatic rings. The van der Waals surface area contributed by atoms with Crippen LogP contribution in [0.3, 0.4) is 0 Å². The molecular weight excluding hydrogens is 330 g/mol. The largest absolute Gasteiger partial charge is 0.454 e. The van der Waals surface area contributed by atoms with Crippen LogP contribution < -0.4 is 5.32 Å². The summed E-state index contributed by atoms with van der Waals surface area (Å²) in [6.45, 7) is 0.893. The quantitative estimate of drug-likeness (QED) is 0.614. The van der Waals surface area contributed by atoms with Gasteiger partial charge in [0.15, 0.2) is 12.4 Å². The summed E-state index contributed by atoms with van der Waals surface area (Å²) in [5.74, 6) is -2.47. The van der Waals surface area contributed by atoms with Crippen LogP contribution >= 0.6 is 0 Å². The van der Waals surface area contributed by atoms with Crippen molar-refractivity contribution >= 4 is 29.5 Å². The van der Waals surface area contributed by atoms with Gasteiger partial charge in [0.25, 0.3) is 5.91 Å². The number of carbonyl (C=O) groups excluding carboxylic acids is 4. The van der Waals surface area contributed by atoms with Crippen LogP contribution in [0, 0.1) is 11.8 Å². The van der Waals surface area contributed by atoms with E-state index in [0.717, 1.165) is 17.7 Å². The number of amides is 3. The third-order valence-corrected chi connectivity index (χ3v) is 4.65. The highest BCUT2D eigenvalue weighted by Crippen LogP contribution is 2.38. The topological polar surface area (TPSA) is 119 Å². The van der Waals surface area contributed by atoms with Crippen LogP contribution in [-0.4, -0.2) is 46.4 Å². The lowest BCUT2D eigenvalue weighted by Gasteiger charge is -2.21. The van der Waals surface area contributed by atoms with Gasteiger partial charge in [-0.3, -0.25) is 19.3 Å². The number of hydrogen-bond donors (Lipinski definition) is 1. The van der Waals surface area contributed by atoms with Gasteiger partial charge in [0.1, 0.15) is 12.3 Å². The summed E-state index contributed by atoms with van der Waals surface area (Å²) >= 11 is 0. The van der Waals surface area contributed by atoms with Crippen LogP contribution in [0.15, 0.2) is 16.9 Å². The maximum absolute atomic E-state index is 12.4. The Morgan fingerprint density at radius 2 is 1.96 bits per heavy atom. The third kappa shape index (κ3) is 3.40. The van der Waals surface area contributed by atoms with Crippen molar-refractivity contribution in [3.05, 3.63) is 12.3 Å². The van der Waals surface area contributed by atoms with Crippen LogP contribution in [0.5, 0.6) is 0 Å². The molecule has 9 heteroatoms. The Balaban J connectivity index is 1.56. The number of hydrogen-bond acceptors (Lipinski definition) is 7. The van der Waals surface area contributed by atoms with Crippen LogP contribution in [0.4, 0.5) is 5.82 Å². The average molecular weight is 349 g/mol. The number of esters is 1. The Morgan fingerprint density at radius 1 is 1.32 bits per heavy atom. The van der Waals surface area contributed by atoms with Crippen LogP contribution in [0.2, 0.25) is 0 Å². The number of nitrogens with zero attached hydrogens (tertiary/aromatic N) is 2. The smallest absolute Gasteiger partial charge is 0.329 e. The van der Waals surface area contributed by atoms with Gasteiger partial charge < -0.3 is 14.6 Å². The number of ether oxygens (including phenoxy) is 1. The lowest BCUT2D eigenvalue weighted by molar-refractivity contribution is -0.159. The molecule has 2 aliphatic rings. The number of carbonyl (C=O) groups is 4. The molecule has 134 valence electrons. The van der Waals surface area contributed by atoms with Gasteiger partial charge in [0.2, 0.25) is 11.8 Å². The molecule has 2 unspecified atom stereocenters. The Morgan fingerprint density at radius 3 is 2.52 bits per heavy atom. The molecule has 9 nitrogen and oxygen atoms in total. The van der Waals surface area contributed by atoms with Gasteiger partial charge in [-0.25, -0.2) is 4.79 Å². The van der Waals surface area contributed by atoms with E-state index >= 15 is 0 Å². The highest BCUT2D eigenvalue weighted by atomic mass is 16.5. The summed E-state index contributed by atoms with van der Waals surface area (Å²) in [4.78, 5) is 49.7. The molecule has 3 rings (SSSR count). The lowest BCUT2D eigenvalue weighted by Crippen LogP contribution is -2.45. The molecule has 2 heterocycles. The third-order valence-electron chi connectivity index (χ3n) is 4.65. The Labute approximate surface area is 143 Å². The lowest BCUT2D eigenvalue weighted by atomic mass is 9.81. The summed E-state index contributed by atoms with van der Waals surface area (Å²) in [5.41, 5.74) is 0. The molecule has 2 fully saturated rings. The van der Waals surface area contributed by atoms with Gasteiger partial charge in [0, 0.05) is 6.07 Å². The predicted molar refractivity (Wildman–Crippen MR) is 82.9 cm³/mol. The first-order valence-electron chi connectivity index (χ1n) is 8.23. The number of likely N-dealkylation sites (tertiary alicyclic amines) is 1. The van der Waals surface area contributed by atoms with Crippen molar-refractivity contribution in [1.82, 2.24) is 10.1 Å². The van der Waals surface area contributed by atoms with Crippen molar-refractivity contribution in [2.75, 3.05) is 11.9 Å². The number of rotatable bonds is 5. The van der Waals surface area contributed by atoms with Crippen molar-refractivity contribution in [2.45, 2.75) is 38.6 Å². The van der Waals surface area contributed by atoms with E-state index in [9.17, 15) is 19.2 Å². The van der Waals surface area contributed by atoms with E-state index in [1.54, 1.807) is 0 Å². The van der Waals surface area contributed by atoms with Gasteiger partial charge in [0.05, 0.1) is 11.8 Å². The predicted octanol–water partition coefficient (Wildman–Crippen LogP) is 0.720. The normalized spacial score (nSPS) is 24.0. The Kier molecular flexibility index (Phi) is 4.82. The van der Waals surface area contributed by atoms with E-state index in [2.05, 4.69) is 15.0 Å². The zero-order valence-electron chi connectivity index (χ0n) is 13.8. The second-order valence-corrected chi connectivity index (χ2v) is 6.26. The van der Waals surface area contributed by atoms with Gasteiger partial charge in [-0.2, -0.15) is 0 Å². The minimum atomic E-state index is -1.05. The molecule has 3 amide bonds. The highest BCUT2D eigenvalue weighted by molar-refractivity contribution is 6.07. The van der Waals surface area contributed by atoms with E-state index in [4.69, 9.17) is 4.74 Å². The molecule has 0 radical (unpaired) electrons. The van der Waals surface area contributed by atoms with E-state index in [1.165, 1.54) is 19.3 Å². The molecule has 1 N–H and O–H groups in total. The van der Waals surface area contributed by atoms with Crippen LogP contribution in [-0.2, 0) is 23.9 Å². The fourth-order valence-corrected chi connectivity index (χ4v) is 3.39. The van der Waals surface area contributed by atoms with Crippen molar-refractivity contribution in [3.63, 3.8) is 0 Å². The van der Waals surface area contributed by atoms with E-state index in [1.807, 2.05) is 0 Å². The number of anilines is 1. The van der Waals surface area contributed by atoms with E-state index in [-0.39, 0.29) is 29.5 Å². The van der Waals surface area contributed by atoms with Crippen molar-refractivity contribution in [3.8, 4) is 0 Å². The van der Waals surface area contributed by atoms with Crippen molar-refractivity contribution in [2.24, 2.45) is 11.8 Å². The van der Waals surface area contributed by atoms with Gasteiger partial charge in [-0.1, -0.05) is 18.0 Å². The minimum Gasteiger partial charge on any atom is -0.454 e. The molecule has 1 aliphatic carbocycles. The monoisotopic (exact) mass is 349 g/mol. The second kappa shape index (κ2) is 7.04. The molecule has 0 aromatic carbocycles. The molecule has 1 saturated heterocycles. The minimum absolute atomic E-state index is 0.197. The molecule has 0 spiro atoms. The van der Waals surface area contributed by atoms with Gasteiger partial charge >= 0.3 is 5.97 Å². The molecule has 1 saturated carbocycles. The Hall–Kier alpha value is -2.71. The molecule has 1 aliphatic heterocycles. The number of aromatic nitrogens is 1. The number of fused-ring (bicyclic) bond motifs is 1. The zero-order valence-corrected chi connectivity index (χ0v) is 13.8. The first-order chi connectivity index (χ1) is 12.0. The second-order valence-electron chi connectivity index (χ2n) is 6.26. The fraction of sp³-hybridized carbons (Fsp3) is 0.562. The van der Waals surface area contributed by atoms with E-state index < -0.39 is 24.5 Å². The number of imide groups is 1. The van der Waals surface area contributed by atoms with Crippen LogP contribution in [0.1, 0.15) is 32.6 Å². The maximum atomic E-state index is 12.4. The molecule has 1 aromatic heterocycles. The fourth-order valence-electron chi connectivity index (χ4n) is 3.39. The first-order valence-corrected chi connectivity index (χ1v) is 8.23. The summed E-state index contributed by atoms with van der Waals surface area (Å²) in [6.07, 6.45) is 4.46. The average Bonchev–Trinajstić information content (AvgIpc) is 3.20. The van der Waals surface area contributed by atoms with Crippen molar-refractivity contribution in [1.29, 1.82) is 0 Å². The SMILES string of the molecule is C[C@@H](C(=O)OCC(=O)Nc1ccon1)N1C(=O)C2CCCCC2C1=O. The summed E-state index contributed by atoms with van der Waals surface area (Å²) in [7, 11) is 0. The summed E-state index contributed by atoms with van der Waals surface area (Å²) < 4.78 is 9.48. The van der Waals surface area contributed by atoms with E-state index in [0.29, 0.717) is 12.8 Å². The van der Waals surface area contributed by atoms with Gasteiger partial charge in [-0.05, 0) is 19.8 Å². The zero-order chi connectivity index (χ0) is 18.0. The molecular formula is C16H19N3O6. The molecule has 3 atom stereocenters. The Bertz CT molecular complexity index is 662. The molecule has 25 heavy (non-hydrogen) atoms. The molecule has 0 bridgehead atoms. The maximum Gasteiger partial charge on any atom is 0.329 e. The van der Waals surface area contributed by atoms with Crippen LogP contribution in [0.25, 0.3) is 0 Å². The van der Waals surface area contributed by atoms with Crippen molar-refractivity contribution < 1.29 is 28.4 Å².